The third-order valence-corrected chi connectivity index (χ3v) is 1.89. The SMILES string of the molecule is O=C(O)C(F)(C(F)(F)F)C(F)(F)N(C(F)(F)F)C(F)(F)F. The van der Waals surface area contributed by atoms with Crippen molar-refractivity contribution in [3.8, 4) is 0 Å². The molecule has 0 rings (SSSR count). The molecule has 0 aliphatic rings. The fourth-order valence-electron chi connectivity index (χ4n) is 1.04. The number of nitrogens with zero attached hydrogens (tertiary/aromatic N) is 1. The Morgan fingerprint density at radius 2 is 1.00 bits per heavy atom. The van der Waals surface area contributed by atoms with Gasteiger partial charge in [-0.1, -0.05) is 4.90 Å². The van der Waals surface area contributed by atoms with E-state index in [2.05, 4.69) is 0 Å². The fraction of sp³-hybridized carbons (Fsp3) is 0.833. The Morgan fingerprint density at radius 3 is 1.14 bits per heavy atom. The van der Waals surface area contributed by atoms with E-state index in [1.165, 1.54) is 0 Å². The third-order valence-electron chi connectivity index (χ3n) is 1.89. The van der Waals surface area contributed by atoms with E-state index in [1.54, 1.807) is 0 Å². The van der Waals surface area contributed by atoms with Crippen LogP contribution in [0.25, 0.3) is 0 Å². The lowest BCUT2D eigenvalue weighted by Crippen LogP contribution is -2.72. The Kier molecular flexibility index (Phi) is 4.48. The predicted octanol–water partition coefficient (Wildman–Crippen LogP) is 3.28. The van der Waals surface area contributed by atoms with E-state index < -0.39 is 41.4 Å². The maximum Gasteiger partial charge on any atom is 0.472 e. The molecule has 0 radical (unpaired) electrons. The highest BCUT2D eigenvalue weighted by Crippen LogP contribution is 2.53. The van der Waals surface area contributed by atoms with E-state index in [9.17, 15) is 57.5 Å². The smallest absolute Gasteiger partial charge is 0.472 e. The molecule has 0 bridgehead atoms. The van der Waals surface area contributed by atoms with Crippen molar-refractivity contribution in [2.24, 2.45) is 0 Å². The van der Waals surface area contributed by atoms with Crippen LogP contribution >= 0.6 is 0 Å². The molecule has 15 heteroatoms. The van der Waals surface area contributed by atoms with Crippen molar-refractivity contribution in [2.45, 2.75) is 30.5 Å². The van der Waals surface area contributed by atoms with Gasteiger partial charge in [0.25, 0.3) is 0 Å². The summed E-state index contributed by atoms with van der Waals surface area (Å²) in [5.74, 6) is -4.28. The molecule has 0 fully saturated rings. The molecule has 0 amide bonds. The number of carbonyl (C=O) groups is 1. The number of rotatable bonds is 3. The van der Waals surface area contributed by atoms with Crippen molar-refractivity contribution in [1.29, 1.82) is 0 Å². The number of aliphatic carboxylic acids is 1. The van der Waals surface area contributed by atoms with Crippen LogP contribution in [0.2, 0.25) is 0 Å². The Bertz CT molecular complexity index is 393. The van der Waals surface area contributed by atoms with Crippen molar-refractivity contribution >= 4 is 5.97 Å². The molecule has 0 saturated carbocycles. The molecule has 0 aliphatic heterocycles. The molecule has 0 aliphatic carbocycles. The van der Waals surface area contributed by atoms with Crippen LogP contribution < -0.4 is 0 Å². The van der Waals surface area contributed by atoms with Gasteiger partial charge in [0.05, 0.1) is 0 Å². The summed E-state index contributed by atoms with van der Waals surface area (Å²) in [4.78, 5) is 5.86. The number of halogens is 12. The van der Waals surface area contributed by atoms with E-state index in [-0.39, 0.29) is 0 Å². The largest absolute Gasteiger partial charge is 0.478 e. The van der Waals surface area contributed by atoms with E-state index in [0.29, 0.717) is 0 Å². The lowest BCUT2D eigenvalue weighted by atomic mass is 10.0. The third kappa shape index (κ3) is 3.11. The molecular formula is C6HF12NO2. The van der Waals surface area contributed by atoms with Gasteiger partial charge in [-0.15, -0.1) is 0 Å². The molecule has 1 N–H and O–H groups in total. The summed E-state index contributed by atoms with van der Waals surface area (Å²) in [5.41, 5.74) is -7.16. The first-order chi connectivity index (χ1) is 8.81. The maximum atomic E-state index is 13.0. The average molecular weight is 347 g/mol. The molecule has 126 valence electrons. The van der Waals surface area contributed by atoms with Crippen LogP contribution in [0.15, 0.2) is 0 Å². The Morgan fingerprint density at radius 1 is 0.714 bits per heavy atom. The zero-order chi connectivity index (χ0) is 17.7. The van der Waals surface area contributed by atoms with E-state index >= 15 is 0 Å². The minimum atomic E-state index is -7.56. The summed E-state index contributed by atoms with van der Waals surface area (Å²) in [6.07, 6.45) is -21.8. The molecule has 0 aromatic carbocycles. The van der Waals surface area contributed by atoms with Crippen molar-refractivity contribution in [3.63, 3.8) is 0 Å². The monoisotopic (exact) mass is 347 g/mol. The topological polar surface area (TPSA) is 40.5 Å². The zero-order valence-corrected chi connectivity index (χ0v) is 8.84. The summed E-state index contributed by atoms with van der Waals surface area (Å²) in [7, 11) is 0. The average Bonchev–Trinajstić information content (AvgIpc) is 2.07. The van der Waals surface area contributed by atoms with Gasteiger partial charge >= 0.3 is 36.5 Å². The van der Waals surface area contributed by atoms with Gasteiger partial charge in [-0.3, -0.25) is 0 Å². The Labute approximate surface area is 105 Å². The highest BCUT2D eigenvalue weighted by Gasteiger charge is 2.84. The minimum absolute atomic E-state index is 4.07. The molecule has 1 unspecified atom stereocenters. The summed E-state index contributed by atoms with van der Waals surface area (Å²) in [5, 5.41) is 7.75. The van der Waals surface area contributed by atoms with Crippen molar-refractivity contribution in [1.82, 2.24) is 4.90 Å². The van der Waals surface area contributed by atoms with Crippen molar-refractivity contribution < 1.29 is 62.6 Å². The van der Waals surface area contributed by atoms with Crippen LogP contribution in [0.5, 0.6) is 0 Å². The van der Waals surface area contributed by atoms with Gasteiger partial charge in [0.2, 0.25) is 0 Å². The van der Waals surface area contributed by atoms with Crippen molar-refractivity contribution in [2.75, 3.05) is 0 Å². The molecule has 0 saturated heterocycles. The summed E-state index contributed by atoms with van der Waals surface area (Å²) < 4.78 is 146. The number of carboxylic acid groups (broad SMARTS) is 1. The first-order valence-corrected chi connectivity index (χ1v) is 4.12. The lowest BCUT2D eigenvalue weighted by molar-refractivity contribution is -0.469. The van der Waals surface area contributed by atoms with Gasteiger partial charge in [0.15, 0.2) is 0 Å². The first kappa shape index (κ1) is 19.6. The van der Waals surface area contributed by atoms with Gasteiger partial charge < -0.3 is 5.11 Å². The van der Waals surface area contributed by atoms with Crippen LogP contribution in [-0.2, 0) is 4.79 Å². The number of hydrogen-bond acceptors (Lipinski definition) is 2. The van der Waals surface area contributed by atoms with Gasteiger partial charge in [-0.25, -0.2) is 9.18 Å². The maximum absolute atomic E-state index is 13.0. The number of hydrogen-bond donors (Lipinski definition) is 1. The lowest BCUT2D eigenvalue weighted by Gasteiger charge is -2.39. The fourth-order valence-corrected chi connectivity index (χ4v) is 1.04. The summed E-state index contributed by atoms with van der Waals surface area (Å²) in [6, 6.07) is -7.56. The van der Waals surface area contributed by atoms with Gasteiger partial charge in [0.1, 0.15) is 0 Å². The molecular weight excluding hydrogens is 346 g/mol. The summed E-state index contributed by atoms with van der Waals surface area (Å²) >= 11 is 0. The molecule has 3 nitrogen and oxygen atoms in total. The second-order valence-corrected chi connectivity index (χ2v) is 3.27. The van der Waals surface area contributed by atoms with Crippen LogP contribution in [0.1, 0.15) is 0 Å². The quantitative estimate of drug-likeness (QED) is 0.629. The van der Waals surface area contributed by atoms with Crippen molar-refractivity contribution in [3.05, 3.63) is 0 Å². The number of carboxylic acids is 1. The van der Waals surface area contributed by atoms with Gasteiger partial charge in [-0.2, -0.15) is 48.3 Å². The van der Waals surface area contributed by atoms with Gasteiger partial charge in [-0.05, 0) is 0 Å². The zero-order valence-electron chi connectivity index (χ0n) is 8.84. The molecule has 1 atom stereocenters. The second-order valence-electron chi connectivity index (χ2n) is 3.27. The van der Waals surface area contributed by atoms with Gasteiger partial charge in [0, 0.05) is 0 Å². The highest BCUT2D eigenvalue weighted by atomic mass is 19.4. The van der Waals surface area contributed by atoms with Crippen LogP contribution in [0.3, 0.4) is 0 Å². The molecule has 0 spiro atoms. The van der Waals surface area contributed by atoms with Crippen LogP contribution in [0, 0.1) is 0 Å². The molecule has 0 aromatic heterocycles. The second kappa shape index (κ2) is 4.81. The number of alkyl halides is 12. The van der Waals surface area contributed by atoms with Crippen LogP contribution in [0.4, 0.5) is 52.7 Å². The van der Waals surface area contributed by atoms with E-state index in [1.807, 2.05) is 0 Å². The highest BCUT2D eigenvalue weighted by molar-refractivity contribution is 5.80. The normalized spacial score (nSPS) is 17.8. The molecule has 21 heavy (non-hydrogen) atoms. The van der Waals surface area contributed by atoms with Crippen LogP contribution in [-0.4, -0.2) is 46.5 Å². The Balaban J connectivity index is 6.42. The standard InChI is InChI=1S/C6HF12NO2/c7-2(1(20)21,3(8,9)10)4(11,12)19(5(13,14)15)6(16,17)18/h(H,20,21). The van der Waals surface area contributed by atoms with E-state index in [0.717, 1.165) is 0 Å². The minimum Gasteiger partial charge on any atom is -0.478 e. The molecule has 0 aromatic rings. The first-order valence-electron chi connectivity index (χ1n) is 4.12. The predicted molar refractivity (Wildman–Crippen MR) is 36.4 cm³/mol. The molecule has 0 heterocycles. The summed E-state index contributed by atoms with van der Waals surface area (Å²) in [6.45, 7) is 0. The van der Waals surface area contributed by atoms with E-state index in [4.69, 9.17) is 5.11 Å². The Hall–Kier alpha value is -1.41.